The fraction of sp³-hybridized carbons (Fsp3) is 0.286. The molecule has 0 aliphatic heterocycles. The molecule has 0 radical (unpaired) electrons. The van der Waals surface area contributed by atoms with Crippen LogP contribution in [0.15, 0.2) is 23.6 Å². The molecule has 0 amide bonds. The van der Waals surface area contributed by atoms with E-state index in [-0.39, 0.29) is 12.0 Å². The topological polar surface area (TPSA) is 23.8 Å². The number of hydrogen-bond donors (Lipinski definition) is 0. The van der Waals surface area contributed by atoms with Gasteiger partial charge in [0, 0.05) is 6.42 Å². The molecule has 1 unspecified atom stereocenters. The van der Waals surface area contributed by atoms with Crippen LogP contribution in [0.5, 0.6) is 0 Å². The van der Waals surface area contributed by atoms with E-state index >= 15 is 0 Å². The first kappa shape index (κ1) is 6.94. The highest BCUT2D eigenvalue weighted by molar-refractivity contribution is 5.38. The summed E-state index contributed by atoms with van der Waals surface area (Å²) in [5.74, 6) is -0.655. The Kier molecular flexibility index (Phi) is 1.81. The average molecular weight is 141 g/mol. The van der Waals surface area contributed by atoms with Gasteiger partial charge in [0.15, 0.2) is 0 Å². The van der Waals surface area contributed by atoms with Gasteiger partial charge >= 0.3 is 0 Å². The van der Waals surface area contributed by atoms with Crippen LogP contribution in [0.4, 0.5) is 8.78 Å². The molecule has 52 valence electrons. The number of alkyl halides is 1. The van der Waals surface area contributed by atoms with Crippen LogP contribution in [-0.4, -0.2) is 6.17 Å². The van der Waals surface area contributed by atoms with Gasteiger partial charge in [0.05, 0.1) is 5.57 Å². The van der Waals surface area contributed by atoms with Crippen molar-refractivity contribution in [1.29, 1.82) is 5.26 Å². The van der Waals surface area contributed by atoms with Crippen molar-refractivity contribution in [1.82, 2.24) is 0 Å². The lowest BCUT2D eigenvalue weighted by Crippen LogP contribution is -2.01. The van der Waals surface area contributed by atoms with E-state index in [1.165, 1.54) is 12.2 Å². The number of nitriles is 1. The first-order valence-corrected chi connectivity index (χ1v) is 2.85. The normalized spacial score (nSPS) is 24.7. The quantitative estimate of drug-likeness (QED) is 0.506. The molecule has 0 N–H and O–H groups in total. The van der Waals surface area contributed by atoms with Gasteiger partial charge in [0.25, 0.3) is 0 Å². The maximum Gasteiger partial charge on any atom is 0.125 e. The Labute approximate surface area is 57.3 Å². The molecule has 10 heavy (non-hydrogen) atoms. The largest absolute Gasteiger partial charge is 0.242 e. The Bertz CT molecular complexity index is 234. The van der Waals surface area contributed by atoms with E-state index in [0.717, 1.165) is 0 Å². The van der Waals surface area contributed by atoms with Gasteiger partial charge in [-0.3, -0.25) is 0 Å². The fourth-order valence-corrected chi connectivity index (χ4v) is 0.738. The monoisotopic (exact) mass is 141 g/mol. The van der Waals surface area contributed by atoms with Gasteiger partial charge in [0.2, 0.25) is 0 Å². The van der Waals surface area contributed by atoms with Crippen molar-refractivity contribution in [2.75, 3.05) is 0 Å². The first-order valence-electron chi connectivity index (χ1n) is 2.85. The number of allylic oxidation sites excluding steroid dienone is 4. The molecule has 1 aliphatic rings. The van der Waals surface area contributed by atoms with E-state index in [1.807, 2.05) is 0 Å². The Morgan fingerprint density at radius 3 is 2.90 bits per heavy atom. The Morgan fingerprint density at radius 2 is 2.40 bits per heavy atom. The van der Waals surface area contributed by atoms with E-state index in [0.29, 0.717) is 0 Å². The van der Waals surface area contributed by atoms with E-state index in [4.69, 9.17) is 5.26 Å². The molecule has 0 aromatic carbocycles. The van der Waals surface area contributed by atoms with Crippen LogP contribution in [0.1, 0.15) is 6.42 Å². The third kappa shape index (κ3) is 1.21. The number of hydrogen-bond acceptors (Lipinski definition) is 1. The minimum atomic E-state index is -1.27. The van der Waals surface area contributed by atoms with Crippen molar-refractivity contribution in [3.8, 4) is 6.07 Å². The van der Waals surface area contributed by atoms with Gasteiger partial charge < -0.3 is 0 Å². The molecule has 1 nitrogen and oxygen atoms in total. The second-order valence-corrected chi connectivity index (χ2v) is 2.01. The molecule has 0 aromatic rings. The molecule has 3 heteroatoms. The van der Waals surface area contributed by atoms with Crippen LogP contribution in [0, 0.1) is 11.3 Å². The number of halogens is 2. The molecule has 1 aliphatic carbocycles. The maximum absolute atomic E-state index is 12.5. The fourth-order valence-electron chi connectivity index (χ4n) is 0.738. The Hall–Kier alpha value is -1.17. The van der Waals surface area contributed by atoms with Crippen molar-refractivity contribution in [2.24, 2.45) is 0 Å². The molecule has 0 aromatic heterocycles. The summed E-state index contributed by atoms with van der Waals surface area (Å²) in [6.45, 7) is 0. The Morgan fingerprint density at radius 1 is 1.70 bits per heavy atom. The highest BCUT2D eigenvalue weighted by atomic mass is 19.1. The van der Waals surface area contributed by atoms with Gasteiger partial charge in [0.1, 0.15) is 18.1 Å². The van der Waals surface area contributed by atoms with Gasteiger partial charge in [-0.05, 0) is 12.2 Å². The van der Waals surface area contributed by atoms with Crippen molar-refractivity contribution in [3.63, 3.8) is 0 Å². The molecule has 0 saturated heterocycles. The predicted octanol–water partition coefficient (Wildman–Crippen LogP) is 2.03. The first-order chi connectivity index (χ1) is 4.74. The molecule has 0 heterocycles. The lowest BCUT2D eigenvalue weighted by Gasteiger charge is -2.05. The van der Waals surface area contributed by atoms with Crippen LogP contribution in [0.3, 0.4) is 0 Å². The lowest BCUT2D eigenvalue weighted by atomic mass is 10.1. The van der Waals surface area contributed by atoms with Crippen LogP contribution < -0.4 is 0 Å². The van der Waals surface area contributed by atoms with E-state index in [1.54, 1.807) is 6.07 Å². The van der Waals surface area contributed by atoms with Crippen LogP contribution in [-0.2, 0) is 0 Å². The molecule has 0 saturated carbocycles. The summed E-state index contributed by atoms with van der Waals surface area (Å²) in [6.07, 6.45) is 0.793. The average Bonchev–Trinajstić information content (AvgIpc) is 1.88. The zero-order valence-corrected chi connectivity index (χ0v) is 5.14. The van der Waals surface area contributed by atoms with Crippen molar-refractivity contribution < 1.29 is 8.78 Å². The summed E-state index contributed by atoms with van der Waals surface area (Å²) in [5, 5.41) is 8.23. The molecular weight excluding hydrogens is 136 g/mol. The summed E-state index contributed by atoms with van der Waals surface area (Å²) in [7, 11) is 0. The molecule has 1 rings (SSSR count). The maximum atomic E-state index is 12.5. The summed E-state index contributed by atoms with van der Waals surface area (Å²) < 4.78 is 24.7. The summed E-state index contributed by atoms with van der Waals surface area (Å²) in [6, 6.07) is 1.63. The van der Waals surface area contributed by atoms with E-state index < -0.39 is 12.0 Å². The van der Waals surface area contributed by atoms with Gasteiger partial charge in [-0.2, -0.15) is 5.26 Å². The van der Waals surface area contributed by atoms with Crippen molar-refractivity contribution in [3.05, 3.63) is 23.6 Å². The molecular formula is C7H5F2N. The SMILES string of the molecule is N#CC1=C(F)CC(F)C=C1. The van der Waals surface area contributed by atoms with E-state index in [9.17, 15) is 8.78 Å². The summed E-state index contributed by atoms with van der Waals surface area (Å²) >= 11 is 0. The Balaban J connectivity index is 2.86. The third-order valence-electron chi connectivity index (χ3n) is 1.26. The molecule has 0 spiro atoms. The zero-order chi connectivity index (χ0) is 7.56. The molecule has 1 atom stereocenters. The molecule has 0 bridgehead atoms. The highest BCUT2D eigenvalue weighted by Crippen LogP contribution is 2.21. The lowest BCUT2D eigenvalue weighted by molar-refractivity contribution is 0.367. The number of rotatable bonds is 0. The van der Waals surface area contributed by atoms with Gasteiger partial charge in [-0.25, -0.2) is 8.78 Å². The number of nitrogens with zero attached hydrogens (tertiary/aromatic N) is 1. The third-order valence-corrected chi connectivity index (χ3v) is 1.26. The van der Waals surface area contributed by atoms with E-state index in [2.05, 4.69) is 0 Å². The molecule has 0 fully saturated rings. The minimum absolute atomic E-state index is 0.0612. The van der Waals surface area contributed by atoms with Crippen molar-refractivity contribution >= 4 is 0 Å². The van der Waals surface area contributed by atoms with Crippen molar-refractivity contribution in [2.45, 2.75) is 12.6 Å². The van der Waals surface area contributed by atoms with Gasteiger partial charge in [-0.1, -0.05) is 0 Å². The van der Waals surface area contributed by atoms with Crippen LogP contribution in [0.2, 0.25) is 0 Å². The zero-order valence-electron chi connectivity index (χ0n) is 5.14. The second kappa shape index (κ2) is 2.61. The summed E-state index contributed by atoms with van der Waals surface area (Å²) in [4.78, 5) is 0. The smallest absolute Gasteiger partial charge is 0.125 e. The van der Waals surface area contributed by atoms with Gasteiger partial charge in [-0.15, -0.1) is 0 Å². The summed E-state index contributed by atoms with van der Waals surface area (Å²) in [5.41, 5.74) is -0.0612. The standard InChI is InChI=1S/C7H5F2N/c8-6-2-1-5(4-10)7(9)3-6/h1-2,6H,3H2. The minimum Gasteiger partial charge on any atom is -0.242 e. The van der Waals surface area contributed by atoms with Crippen LogP contribution >= 0.6 is 0 Å². The predicted molar refractivity (Wildman–Crippen MR) is 32.4 cm³/mol. The second-order valence-electron chi connectivity index (χ2n) is 2.01. The van der Waals surface area contributed by atoms with Crippen LogP contribution in [0.25, 0.3) is 0 Å². The highest BCUT2D eigenvalue weighted by Gasteiger charge is 2.14.